The van der Waals surface area contributed by atoms with Gasteiger partial charge in [-0.2, -0.15) is 4.98 Å². The summed E-state index contributed by atoms with van der Waals surface area (Å²) in [5.74, 6) is 0.986. The van der Waals surface area contributed by atoms with Crippen molar-refractivity contribution < 1.29 is 9.32 Å². The molecule has 7 heteroatoms. The molecule has 2 heterocycles. The number of hydrogen-bond donors (Lipinski definition) is 2. The number of anilines is 1. The molecule has 0 bridgehead atoms. The minimum Gasteiger partial charge on any atom is -0.338 e. The molecule has 0 aliphatic heterocycles. The van der Waals surface area contributed by atoms with Gasteiger partial charge in [-0.3, -0.25) is 0 Å². The van der Waals surface area contributed by atoms with Crippen LogP contribution in [0.1, 0.15) is 13.3 Å². The van der Waals surface area contributed by atoms with E-state index in [-0.39, 0.29) is 6.03 Å². The highest BCUT2D eigenvalue weighted by Crippen LogP contribution is 2.26. The molecule has 1 aromatic carbocycles. The molecule has 3 aromatic rings. The van der Waals surface area contributed by atoms with E-state index in [9.17, 15) is 4.79 Å². The van der Waals surface area contributed by atoms with E-state index in [2.05, 4.69) is 20.8 Å². The summed E-state index contributed by atoms with van der Waals surface area (Å²) in [6.07, 6.45) is 0.891. The van der Waals surface area contributed by atoms with E-state index in [1.54, 1.807) is 11.3 Å². The lowest BCUT2D eigenvalue weighted by molar-refractivity contribution is 0.252. The third-order valence-electron chi connectivity index (χ3n) is 3.07. The zero-order valence-electron chi connectivity index (χ0n) is 12.6. The quantitative estimate of drug-likeness (QED) is 0.742. The number of benzene rings is 1. The molecule has 6 nitrogen and oxygen atoms in total. The number of urea groups is 1. The molecular formula is C16H16N4O2S. The summed E-state index contributed by atoms with van der Waals surface area (Å²) in [5, 5.41) is 11.5. The fourth-order valence-electron chi connectivity index (χ4n) is 1.99. The van der Waals surface area contributed by atoms with Gasteiger partial charge >= 0.3 is 6.03 Å². The summed E-state index contributed by atoms with van der Waals surface area (Å²) in [5.41, 5.74) is 1.46. The van der Waals surface area contributed by atoms with Crippen molar-refractivity contribution >= 4 is 23.1 Å². The molecule has 3 rings (SSSR count). The Morgan fingerprint density at radius 1 is 1.30 bits per heavy atom. The van der Waals surface area contributed by atoms with Gasteiger partial charge in [0.15, 0.2) is 0 Å². The summed E-state index contributed by atoms with van der Waals surface area (Å²) >= 11 is 1.54. The van der Waals surface area contributed by atoms with Crippen molar-refractivity contribution in [2.45, 2.75) is 13.3 Å². The zero-order chi connectivity index (χ0) is 16.1. The van der Waals surface area contributed by atoms with Gasteiger partial charge in [-0.25, -0.2) is 4.79 Å². The van der Waals surface area contributed by atoms with Crippen molar-refractivity contribution in [3.63, 3.8) is 0 Å². The maximum absolute atomic E-state index is 11.7. The SMILES string of the molecule is CCCNC(=O)Nc1cccc(-c2noc(-c3cccs3)n2)c1. The van der Waals surface area contributed by atoms with E-state index in [0.717, 1.165) is 16.9 Å². The van der Waals surface area contributed by atoms with Gasteiger partial charge in [-0.1, -0.05) is 30.3 Å². The van der Waals surface area contributed by atoms with Gasteiger partial charge in [0.1, 0.15) is 0 Å². The Morgan fingerprint density at radius 3 is 3.00 bits per heavy atom. The van der Waals surface area contributed by atoms with Crippen molar-refractivity contribution in [2.24, 2.45) is 0 Å². The zero-order valence-corrected chi connectivity index (χ0v) is 13.4. The number of thiophene rings is 1. The van der Waals surface area contributed by atoms with Gasteiger partial charge in [0.05, 0.1) is 4.88 Å². The largest absolute Gasteiger partial charge is 0.338 e. The van der Waals surface area contributed by atoms with E-state index in [1.165, 1.54) is 0 Å². The van der Waals surface area contributed by atoms with E-state index in [4.69, 9.17) is 4.52 Å². The highest BCUT2D eigenvalue weighted by molar-refractivity contribution is 7.13. The van der Waals surface area contributed by atoms with Crippen molar-refractivity contribution in [3.8, 4) is 22.2 Å². The third kappa shape index (κ3) is 3.75. The predicted molar refractivity (Wildman–Crippen MR) is 90.4 cm³/mol. The van der Waals surface area contributed by atoms with Crippen molar-refractivity contribution in [3.05, 3.63) is 41.8 Å². The van der Waals surface area contributed by atoms with Crippen LogP contribution in [0.15, 0.2) is 46.3 Å². The normalized spacial score (nSPS) is 10.5. The summed E-state index contributed by atoms with van der Waals surface area (Å²) in [4.78, 5) is 17.0. The minimum absolute atomic E-state index is 0.226. The second-order valence-corrected chi connectivity index (χ2v) is 5.81. The first-order valence-corrected chi connectivity index (χ1v) is 8.17. The van der Waals surface area contributed by atoms with Crippen LogP contribution in [0.2, 0.25) is 0 Å². The lowest BCUT2D eigenvalue weighted by Crippen LogP contribution is -2.29. The molecule has 0 atom stereocenters. The van der Waals surface area contributed by atoms with Crippen LogP contribution in [0.4, 0.5) is 10.5 Å². The van der Waals surface area contributed by atoms with Gasteiger partial charge in [0.2, 0.25) is 5.82 Å². The van der Waals surface area contributed by atoms with Crippen LogP contribution in [0.3, 0.4) is 0 Å². The number of aromatic nitrogens is 2. The Bertz CT molecular complexity index is 783. The average molecular weight is 328 g/mol. The topological polar surface area (TPSA) is 80.0 Å². The van der Waals surface area contributed by atoms with Crippen LogP contribution in [-0.2, 0) is 0 Å². The maximum Gasteiger partial charge on any atom is 0.319 e. The smallest absolute Gasteiger partial charge is 0.319 e. The molecule has 0 saturated carbocycles. The highest BCUT2D eigenvalue weighted by atomic mass is 32.1. The summed E-state index contributed by atoms with van der Waals surface area (Å²) in [7, 11) is 0. The Kier molecular flexibility index (Phi) is 4.68. The highest BCUT2D eigenvalue weighted by Gasteiger charge is 2.12. The first-order chi connectivity index (χ1) is 11.3. The van der Waals surface area contributed by atoms with E-state index in [0.29, 0.717) is 23.9 Å². The van der Waals surface area contributed by atoms with Crippen LogP contribution in [0.5, 0.6) is 0 Å². The van der Waals surface area contributed by atoms with Crippen LogP contribution in [-0.4, -0.2) is 22.7 Å². The van der Waals surface area contributed by atoms with E-state index >= 15 is 0 Å². The van der Waals surface area contributed by atoms with Crippen molar-refractivity contribution in [1.29, 1.82) is 0 Å². The molecule has 2 N–H and O–H groups in total. The molecule has 0 aliphatic rings. The molecule has 0 radical (unpaired) electrons. The Balaban J connectivity index is 1.76. The molecule has 0 spiro atoms. The van der Waals surface area contributed by atoms with Gasteiger partial charge in [0.25, 0.3) is 5.89 Å². The summed E-state index contributed by atoms with van der Waals surface area (Å²) in [6.45, 7) is 2.64. The first-order valence-electron chi connectivity index (χ1n) is 7.29. The lowest BCUT2D eigenvalue weighted by Gasteiger charge is -2.07. The molecule has 118 valence electrons. The van der Waals surface area contributed by atoms with Gasteiger partial charge in [0, 0.05) is 17.8 Å². The van der Waals surface area contributed by atoms with E-state index in [1.807, 2.05) is 48.7 Å². The monoisotopic (exact) mass is 328 g/mol. The van der Waals surface area contributed by atoms with Gasteiger partial charge < -0.3 is 15.2 Å². The molecule has 2 aromatic heterocycles. The third-order valence-corrected chi connectivity index (χ3v) is 3.93. The fraction of sp³-hybridized carbons (Fsp3) is 0.188. The predicted octanol–water partition coefficient (Wildman–Crippen LogP) is 4.00. The molecule has 23 heavy (non-hydrogen) atoms. The van der Waals surface area contributed by atoms with Crippen LogP contribution in [0.25, 0.3) is 22.2 Å². The van der Waals surface area contributed by atoms with Crippen molar-refractivity contribution in [1.82, 2.24) is 15.5 Å². The van der Waals surface area contributed by atoms with E-state index < -0.39 is 0 Å². The molecule has 2 amide bonds. The Morgan fingerprint density at radius 2 is 2.22 bits per heavy atom. The second-order valence-electron chi connectivity index (χ2n) is 4.86. The number of carbonyl (C=O) groups is 1. The lowest BCUT2D eigenvalue weighted by atomic mass is 10.2. The van der Waals surface area contributed by atoms with Gasteiger partial charge in [-0.15, -0.1) is 11.3 Å². The fourth-order valence-corrected chi connectivity index (χ4v) is 2.64. The number of rotatable bonds is 5. The first kappa shape index (κ1) is 15.2. The molecule has 0 aliphatic carbocycles. The van der Waals surface area contributed by atoms with Crippen LogP contribution >= 0.6 is 11.3 Å². The Labute approximate surface area is 137 Å². The molecule has 0 fully saturated rings. The maximum atomic E-state index is 11.7. The molecule has 0 saturated heterocycles. The number of carbonyl (C=O) groups excluding carboxylic acids is 1. The van der Waals surface area contributed by atoms with Crippen LogP contribution < -0.4 is 10.6 Å². The van der Waals surface area contributed by atoms with Crippen molar-refractivity contribution in [2.75, 3.05) is 11.9 Å². The number of hydrogen-bond acceptors (Lipinski definition) is 5. The second kappa shape index (κ2) is 7.06. The molecule has 0 unspecified atom stereocenters. The molecular weight excluding hydrogens is 312 g/mol. The summed E-state index contributed by atoms with van der Waals surface area (Å²) < 4.78 is 5.29. The van der Waals surface area contributed by atoms with Crippen LogP contribution in [0, 0.1) is 0 Å². The number of nitrogens with zero attached hydrogens (tertiary/aromatic N) is 2. The van der Waals surface area contributed by atoms with Gasteiger partial charge in [-0.05, 0) is 30.0 Å². The number of nitrogens with one attached hydrogen (secondary N) is 2. The minimum atomic E-state index is -0.226. The average Bonchev–Trinajstić information content (AvgIpc) is 3.24. The Hall–Kier alpha value is -2.67. The summed E-state index contributed by atoms with van der Waals surface area (Å²) in [6, 6.07) is 11.0. The number of amides is 2. The standard InChI is InChI=1S/C16H16N4O2S/c1-2-8-17-16(21)18-12-6-3-5-11(10-12)14-19-15(22-20-14)13-7-4-9-23-13/h3-7,9-10H,2,8H2,1H3,(H2,17,18,21).